The van der Waals surface area contributed by atoms with Crippen LogP contribution in [0.25, 0.3) is 11.4 Å². The van der Waals surface area contributed by atoms with E-state index in [0.29, 0.717) is 24.6 Å². The summed E-state index contributed by atoms with van der Waals surface area (Å²) in [6.45, 7) is 7.10. The van der Waals surface area contributed by atoms with E-state index in [1.165, 1.54) is 22.6 Å². The van der Waals surface area contributed by atoms with Crippen LogP contribution >= 0.6 is 0 Å². The molecular weight excluding hydrogens is 526 g/mol. The lowest BCUT2D eigenvalue weighted by molar-refractivity contribution is -0.127. The normalized spacial score (nSPS) is 15.8. The second-order valence-electron chi connectivity index (χ2n) is 9.49. The average Bonchev–Trinajstić information content (AvgIpc) is 3.22. The molecule has 1 N–H and O–H groups in total. The molecule has 0 amide bonds. The molecule has 0 atom stereocenters. The number of benzene rings is 1. The number of likely N-dealkylation sites (N-methyl/N-ethyl adjacent to an activating group) is 1. The number of aryl methyl sites for hydroxylation is 1. The number of anilines is 2. The van der Waals surface area contributed by atoms with Crippen molar-refractivity contribution in [2.45, 2.75) is 44.3 Å². The Kier molecular flexibility index (Phi) is 7.77. The molecule has 1 fully saturated rings. The topological polar surface area (TPSA) is 96.2 Å². The molecule has 0 saturated carbocycles. The largest absolute Gasteiger partial charge is 0.393 e. The van der Waals surface area contributed by atoms with Gasteiger partial charge in [0.1, 0.15) is 11.5 Å². The van der Waals surface area contributed by atoms with Crippen molar-refractivity contribution in [3.05, 3.63) is 47.8 Å². The first-order chi connectivity index (χ1) is 17.8. The zero-order valence-electron chi connectivity index (χ0n) is 21.4. The first-order valence-electron chi connectivity index (χ1n) is 12.0. The third-order valence-electron chi connectivity index (χ3n) is 6.30. The van der Waals surface area contributed by atoms with Gasteiger partial charge in [-0.25, -0.2) is 27.8 Å². The van der Waals surface area contributed by atoms with Gasteiger partial charge in [-0.05, 0) is 51.6 Å². The summed E-state index contributed by atoms with van der Waals surface area (Å²) in [7, 11) is -2.12. The van der Waals surface area contributed by atoms with Crippen LogP contribution in [0.1, 0.15) is 31.3 Å². The number of imidazole rings is 1. The first kappa shape index (κ1) is 27.9. The lowest BCUT2D eigenvalue weighted by Crippen LogP contribution is -2.47. The number of nitrogens with one attached hydrogen (secondary N) is 1. The second kappa shape index (κ2) is 10.6. The summed E-state index contributed by atoms with van der Waals surface area (Å²) in [5.41, 5.74) is -0.0102. The number of nitrogens with zero attached hydrogens (tertiary/aromatic N) is 6. The Hall–Kier alpha value is -3.10. The molecule has 1 aliphatic rings. The SMILES string of the molecule is Cc1ncc(-c2nc(Nc3ccc(S(=O)(=O)N4CCN(C)CC4)cc3CC(F)(F)F)ncc2F)n1C(C)C. The van der Waals surface area contributed by atoms with Gasteiger partial charge in [-0.1, -0.05) is 0 Å². The lowest BCUT2D eigenvalue weighted by Gasteiger charge is -2.31. The van der Waals surface area contributed by atoms with Crippen LogP contribution in [0.2, 0.25) is 0 Å². The number of rotatable bonds is 7. The number of hydrogen-bond donors (Lipinski definition) is 1. The Morgan fingerprint density at radius 2 is 1.76 bits per heavy atom. The molecule has 0 spiro atoms. The second-order valence-corrected chi connectivity index (χ2v) is 11.4. The molecule has 0 radical (unpaired) electrons. The molecule has 206 valence electrons. The maximum absolute atomic E-state index is 14.7. The third kappa shape index (κ3) is 5.97. The monoisotopic (exact) mass is 555 g/mol. The van der Waals surface area contributed by atoms with Crippen molar-refractivity contribution >= 4 is 21.7 Å². The van der Waals surface area contributed by atoms with E-state index >= 15 is 0 Å². The van der Waals surface area contributed by atoms with E-state index in [2.05, 4.69) is 20.3 Å². The zero-order valence-corrected chi connectivity index (χ0v) is 22.2. The molecule has 4 rings (SSSR count). The van der Waals surface area contributed by atoms with Gasteiger partial charge in [-0.3, -0.25) is 0 Å². The molecule has 2 aromatic heterocycles. The summed E-state index contributed by atoms with van der Waals surface area (Å²) < 4.78 is 84.4. The van der Waals surface area contributed by atoms with Crippen LogP contribution in [0.4, 0.5) is 29.2 Å². The Morgan fingerprint density at radius 1 is 1.08 bits per heavy atom. The number of halogens is 4. The van der Waals surface area contributed by atoms with E-state index in [0.717, 1.165) is 12.3 Å². The number of aromatic nitrogens is 4. The minimum atomic E-state index is -4.61. The molecule has 0 unspecified atom stereocenters. The van der Waals surface area contributed by atoms with Crippen LogP contribution in [0.15, 0.2) is 35.5 Å². The number of piperazine rings is 1. The molecular formula is C24H29F4N7O2S. The van der Waals surface area contributed by atoms with Crippen molar-refractivity contribution in [1.82, 2.24) is 28.7 Å². The van der Waals surface area contributed by atoms with Gasteiger partial charge < -0.3 is 14.8 Å². The highest BCUT2D eigenvalue weighted by atomic mass is 32.2. The van der Waals surface area contributed by atoms with E-state index in [1.54, 1.807) is 11.5 Å². The molecule has 1 aliphatic heterocycles. The van der Waals surface area contributed by atoms with Crippen molar-refractivity contribution in [2.24, 2.45) is 0 Å². The lowest BCUT2D eigenvalue weighted by atomic mass is 10.1. The molecule has 3 aromatic rings. The predicted octanol–water partition coefficient (Wildman–Crippen LogP) is 4.15. The van der Waals surface area contributed by atoms with Gasteiger partial charge in [-0.2, -0.15) is 17.5 Å². The molecule has 0 bridgehead atoms. The summed E-state index contributed by atoms with van der Waals surface area (Å²) in [6, 6.07) is 3.47. The Bertz CT molecular complexity index is 1420. The Morgan fingerprint density at radius 3 is 2.39 bits per heavy atom. The van der Waals surface area contributed by atoms with Crippen LogP contribution in [0, 0.1) is 12.7 Å². The van der Waals surface area contributed by atoms with Gasteiger partial charge >= 0.3 is 6.18 Å². The van der Waals surface area contributed by atoms with Gasteiger partial charge in [0.25, 0.3) is 0 Å². The minimum Gasteiger partial charge on any atom is -0.324 e. The number of sulfonamides is 1. The van der Waals surface area contributed by atoms with E-state index in [1.807, 2.05) is 25.8 Å². The maximum Gasteiger partial charge on any atom is 0.393 e. The van der Waals surface area contributed by atoms with Gasteiger partial charge in [0, 0.05) is 37.9 Å². The fraction of sp³-hybridized carbons (Fsp3) is 0.458. The van der Waals surface area contributed by atoms with E-state index in [-0.39, 0.29) is 46.9 Å². The van der Waals surface area contributed by atoms with Crippen molar-refractivity contribution in [2.75, 3.05) is 38.5 Å². The summed E-state index contributed by atoms with van der Waals surface area (Å²) in [4.78, 5) is 14.1. The molecule has 1 saturated heterocycles. The highest BCUT2D eigenvalue weighted by Gasteiger charge is 2.32. The van der Waals surface area contributed by atoms with Crippen molar-refractivity contribution in [1.29, 1.82) is 0 Å². The molecule has 0 aliphatic carbocycles. The average molecular weight is 556 g/mol. The summed E-state index contributed by atoms with van der Waals surface area (Å²) in [6.07, 6.45) is -3.59. The molecule has 3 heterocycles. The van der Waals surface area contributed by atoms with Gasteiger partial charge in [-0.15, -0.1) is 0 Å². The summed E-state index contributed by atoms with van der Waals surface area (Å²) in [5.74, 6) is -0.220. The molecule has 38 heavy (non-hydrogen) atoms. The Balaban J connectivity index is 1.70. The molecule has 1 aromatic carbocycles. The summed E-state index contributed by atoms with van der Waals surface area (Å²) >= 11 is 0. The minimum absolute atomic E-state index is 0.0363. The van der Waals surface area contributed by atoms with Crippen molar-refractivity contribution in [3.63, 3.8) is 0 Å². The van der Waals surface area contributed by atoms with E-state index in [9.17, 15) is 26.0 Å². The number of alkyl halides is 3. The first-order valence-corrected chi connectivity index (χ1v) is 13.4. The highest BCUT2D eigenvalue weighted by Crippen LogP contribution is 2.32. The van der Waals surface area contributed by atoms with Gasteiger partial charge in [0.2, 0.25) is 16.0 Å². The smallest absolute Gasteiger partial charge is 0.324 e. The van der Waals surface area contributed by atoms with Crippen LogP contribution in [-0.4, -0.2) is 76.5 Å². The van der Waals surface area contributed by atoms with E-state index in [4.69, 9.17) is 0 Å². The van der Waals surface area contributed by atoms with Crippen LogP contribution in [-0.2, 0) is 16.4 Å². The number of hydrogen-bond acceptors (Lipinski definition) is 7. The summed E-state index contributed by atoms with van der Waals surface area (Å²) in [5, 5.41) is 2.72. The Labute approximate surface area is 218 Å². The third-order valence-corrected chi connectivity index (χ3v) is 8.19. The van der Waals surface area contributed by atoms with Gasteiger partial charge in [0.05, 0.1) is 29.4 Å². The molecule has 9 nitrogen and oxygen atoms in total. The standard InChI is InChI=1S/C24H29F4N7O2S/c1-15(2)35-16(3)29-14-21(35)22-19(25)13-30-23(32-22)31-20-6-5-18(11-17(20)12-24(26,27)28)38(36,37)34-9-7-33(4)8-10-34/h5-6,11,13-15H,7-10,12H2,1-4H3,(H,30,31,32). The molecule has 14 heteroatoms. The van der Waals surface area contributed by atoms with Crippen molar-refractivity contribution in [3.8, 4) is 11.4 Å². The predicted molar refractivity (Wildman–Crippen MR) is 134 cm³/mol. The van der Waals surface area contributed by atoms with E-state index < -0.39 is 28.4 Å². The van der Waals surface area contributed by atoms with Crippen LogP contribution in [0.5, 0.6) is 0 Å². The highest BCUT2D eigenvalue weighted by molar-refractivity contribution is 7.89. The van der Waals surface area contributed by atoms with Crippen LogP contribution in [0.3, 0.4) is 0 Å². The fourth-order valence-electron chi connectivity index (χ4n) is 4.40. The van der Waals surface area contributed by atoms with Crippen molar-refractivity contribution < 1.29 is 26.0 Å². The fourth-order valence-corrected chi connectivity index (χ4v) is 5.87. The maximum atomic E-state index is 14.7. The quantitative estimate of drug-likeness (QED) is 0.438. The zero-order chi connectivity index (χ0) is 27.8. The van der Waals surface area contributed by atoms with Gasteiger partial charge in [0.15, 0.2) is 5.82 Å². The van der Waals surface area contributed by atoms with Crippen LogP contribution < -0.4 is 5.32 Å².